The van der Waals surface area contributed by atoms with E-state index in [0.717, 1.165) is 11.3 Å². The fraction of sp³-hybridized carbons (Fsp3) is 0. The van der Waals surface area contributed by atoms with Gasteiger partial charge < -0.3 is 20.4 Å². The van der Waals surface area contributed by atoms with Gasteiger partial charge in [-0.05, 0) is 29.8 Å². The van der Waals surface area contributed by atoms with Crippen molar-refractivity contribution < 1.29 is 20.4 Å². The monoisotopic (exact) mass is 407 g/mol. The SMILES string of the molecule is O=c1c(O)cc2cnc(/C=C/c3cc(O)c(O)cc3Br)sc-2c1O. The highest BCUT2D eigenvalue weighted by Gasteiger charge is 2.16. The van der Waals surface area contributed by atoms with Gasteiger partial charge in [0.25, 0.3) is 5.43 Å². The molecule has 2 aliphatic rings. The zero-order valence-electron chi connectivity index (χ0n) is 11.9. The third-order valence-corrected chi connectivity index (χ3v) is 5.02. The Morgan fingerprint density at radius 2 is 1.71 bits per heavy atom. The summed E-state index contributed by atoms with van der Waals surface area (Å²) in [7, 11) is 0. The summed E-state index contributed by atoms with van der Waals surface area (Å²) in [6, 6.07) is 4.00. The number of halogens is 1. The molecule has 24 heavy (non-hydrogen) atoms. The van der Waals surface area contributed by atoms with Crippen molar-refractivity contribution in [3.05, 3.63) is 49.7 Å². The van der Waals surface area contributed by atoms with Gasteiger partial charge in [-0.3, -0.25) is 4.79 Å². The molecule has 0 bridgehead atoms. The van der Waals surface area contributed by atoms with E-state index in [9.17, 15) is 25.2 Å². The zero-order chi connectivity index (χ0) is 17.4. The van der Waals surface area contributed by atoms with Crippen LogP contribution in [0.1, 0.15) is 10.6 Å². The number of hydrogen-bond donors (Lipinski definition) is 4. The second-order valence-corrected chi connectivity index (χ2v) is 6.77. The summed E-state index contributed by atoms with van der Waals surface area (Å²) in [6.07, 6.45) is 4.73. The van der Waals surface area contributed by atoms with Crippen LogP contribution in [0.5, 0.6) is 23.0 Å². The van der Waals surface area contributed by atoms with Gasteiger partial charge in [0.2, 0.25) is 0 Å². The predicted molar refractivity (Wildman–Crippen MR) is 94.7 cm³/mol. The van der Waals surface area contributed by atoms with E-state index in [-0.39, 0.29) is 11.5 Å². The van der Waals surface area contributed by atoms with Crippen LogP contribution in [0.25, 0.3) is 22.6 Å². The summed E-state index contributed by atoms with van der Waals surface area (Å²) in [6.45, 7) is 0. The lowest BCUT2D eigenvalue weighted by Crippen LogP contribution is -2.01. The van der Waals surface area contributed by atoms with Crippen LogP contribution < -0.4 is 5.43 Å². The summed E-state index contributed by atoms with van der Waals surface area (Å²) in [4.78, 5) is 16.1. The molecule has 0 atom stereocenters. The summed E-state index contributed by atoms with van der Waals surface area (Å²) >= 11 is 4.36. The van der Waals surface area contributed by atoms with Crippen molar-refractivity contribution in [2.45, 2.75) is 0 Å². The second-order valence-electron chi connectivity index (χ2n) is 4.89. The first kappa shape index (κ1) is 16.3. The Balaban J connectivity index is 2.04. The molecule has 1 aromatic rings. The Morgan fingerprint density at radius 3 is 2.46 bits per heavy atom. The van der Waals surface area contributed by atoms with Gasteiger partial charge >= 0.3 is 0 Å². The molecule has 0 aromatic heterocycles. The number of nitrogens with zero attached hydrogens (tertiary/aromatic N) is 1. The maximum atomic E-state index is 11.6. The van der Waals surface area contributed by atoms with E-state index in [2.05, 4.69) is 20.9 Å². The van der Waals surface area contributed by atoms with E-state index in [1.807, 2.05) is 0 Å². The van der Waals surface area contributed by atoms with Gasteiger partial charge in [0.15, 0.2) is 23.0 Å². The highest BCUT2D eigenvalue weighted by atomic mass is 79.9. The first-order chi connectivity index (χ1) is 11.4. The van der Waals surface area contributed by atoms with Crippen LogP contribution >= 0.6 is 27.3 Å². The maximum Gasteiger partial charge on any atom is 0.263 e. The molecule has 0 spiro atoms. The molecule has 0 unspecified atom stereocenters. The topological polar surface area (TPSA) is 111 Å². The first-order valence-electron chi connectivity index (χ1n) is 6.61. The number of benzene rings is 2. The molecule has 0 amide bonds. The molecule has 0 saturated heterocycles. The van der Waals surface area contributed by atoms with Crippen LogP contribution in [-0.4, -0.2) is 25.4 Å². The lowest BCUT2D eigenvalue weighted by molar-refractivity contribution is 0.403. The third kappa shape index (κ3) is 2.93. The minimum atomic E-state index is -0.828. The Hall–Kier alpha value is -2.58. The van der Waals surface area contributed by atoms with Crippen molar-refractivity contribution in [1.29, 1.82) is 0 Å². The maximum absolute atomic E-state index is 11.6. The molecule has 1 aliphatic heterocycles. The van der Waals surface area contributed by atoms with Gasteiger partial charge in [-0.2, -0.15) is 0 Å². The minimum Gasteiger partial charge on any atom is -0.504 e. The van der Waals surface area contributed by atoms with Crippen molar-refractivity contribution in [3.8, 4) is 33.4 Å². The largest absolute Gasteiger partial charge is 0.504 e. The van der Waals surface area contributed by atoms with Crippen molar-refractivity contribution in [1.82, 2.24) is 4.98 Å². The Bertz CT molecular complexity index is 999. The Morgan fingerprint density at radius 1 is 1.00 bits per heavy atom. The van der Waals surface area contributed by atoms with Crippen molar-refractivity contribution in [2.24, 2.45) is 0 Å². The van der Waals surface area contributed by atoms with Crippen LogP contribution in [0.3, 0.4) is 0 Å². The quantitative estimate of drug-likeness (QED) is 0.484. The normalized spacial score (nSPS) is 11.4. The summed E-state index contributed by atoms with van der Waals surface area (Å²) < 4.78 is 0.578. The smallest absolute Gasteiger partial charge is 0.263 e. The Labute approximate surface area is 148 Å². The predicted octanol–water partition coefficient (Wildman–Crippen LogP) is 3.36. The fourth-order valence-electron chi connectivity index (χ4n) is 2.04. The van der Waals surface area contributed by atoms with E-state index in [4.69, 9.17) is 0 Å². The molecule has 4 N–H and O–H groups in total. The van der Waals surface area contributed by atoms with E-state index >= 15 is 0 Å². The number of phenolic OH excluding ortho intramolecular Hbond substituents is 4. The fourth-order valence-corrected chi connectivity index (χ4v) is 3.37. The zero-order valence-corrected chi connectivity index (χ0v) is 14.3. The molecule has 1 heterocycles. The van der Waals surface area contributed by atoms with E-state index < -0.39 is 16.9 Å². The minimum absolute atomic E-state index is 0.238. The molecule has 1 aromatic carbocycles. The van der Waals surface area contributed by atoms with Crippen molar-refractivity contribution in [2.75, 3.05) is 0 Å². The van der Waals surface area contributed by atoms with Crippen LogP contribution in [0, 0.1) is 0 Å². The number of rotatable bonds is 2. The molecule has 0 fully saturated rings. The van der Waals surface area contributed by atoms with Gasteiger partial charge in [-0.15, -0.1) is 11.3 Å². The average molecular weight is 408 g/mol. The number of hydrogen-bond acceptors (Lipinski definition) is 7. The van der Waals surface area contributed by atoms with Gasteiger partial charge in [0.05, 0.1) is 4.88 Å². The lowest BCUT2D eigenvalue weighted by Gasteiger charge is -2.07. The highest BCUT2D eigenvalue weighted by molar-refractivity contribution is 9.10. The van der Waals surface area contributed by atoms with E-state index in [1.54, 1.807) is 12.2 Å². The van der Waals surface area contributed by atoms with Gasteiger partial charge in [-0.25, -0.2) is 4.98 Å². The van der Waals surface area contributed by atoms with E-state index in [0.29, 0.717) is 25.5 Å². The molecule has 3 rings (SSSR count). The molecule has 6 nitrogen and oxygen atoms in total. The molecular weight excluding hydrogens is 398 g/mol. The van der Waals surface area contributed by atoms with Crippen molar-refractivity contribution in [3.63, 3.8) is 0 Å². The summed E-state index contributed by atoms with van der Waals surface area (Å²) in [5.41, 5.74) is 0.236. The average Bonchev–Trinajstić information content (AvgIpc) is 2.55. The van der Waals surface area contributed by atoms with Crippen LogP contribution in [0.4, 0.5) is 0 Å². The molecule has 122 valence electrons. The molecular formula is C16H10BrNO5S. The third-order valence-electron chi connectivity index (χ3n) is 3.25. The highest BCUT2D eigenvalue weighted by Crippen LogP contribution is 2.36. The lowest BCUT2D eigenvalue weighted by atomic mass is 10.1. The van der Waals surface area contributed by atoms with Gasteiger partial charge in [0, 0.05) is 16.2 Å². The van der Waals surface area contributed by atoms with Gasteiger partial charge in [-0.1, -0.05) is 22.0 Å². The van der Waals surface area contributed by atoms with Crippen molar-refractivity contribution >= 4 is 39.4 Å². The summed E-state index contributed by atoms with van der Waals surface area (Å²) in [5.74, 6) is -1.54. The number of phenols is 4. The molecule has 0 radical (unpaired) electrons. The Kier molecular flexibility index (Phi) is 4.16. The van der Waals surface area contributed by atoms with Crippen LogP contribution in [-0.2, 0) is 0 Å². The first-order valence-corrected chi connectivity index (χ1v) is 8.22. The molecule has 0 saturated carbocycles. The van der Waals surface area contributed by atoms with E-state index in [1.165, 1.54) is 24.4 Å². The van der Waals surface area contributed by atoms with Crippen LogP contribution in [0.15, 0.2) is 33.7 Å². The van der Waals surface area contributed by atoms with Crippen LogP contribution in [0.2, 0.25) is 0 Å². The summed E-state index contributed by atoms with van der Waals surface area (Å²) in [5, 5.41) is 38.8. The molecule has 1 aliphatic carbocycles. The number of aromatic hydroxyl groups is 4. The number of aromatic nitrogens is 1. The standard InChI is InChI=1S/C16H10BrNO5S/c17-9-5-11(20)10(19)3-7(9)1-2-13-18-6-8-4-12(21)14(22)15(23)16(8)24-13/h1-6,19-21,23H/b2-1+. The van der Waals surface area contributed by atoms with Gasteiger partial charge in [0.1, 0.15) is 5.01 Å². The second kappa shape index (κ2) is 6.14. The molecule has 8 heteroatoms. The number of fused-ring (bicyclic) bond motifs is 1.